The van der Waals surface area contributed by atoms with E-state index < -0.39 is 14.9 Å². The minimum absolute atomic E-state index is 0.0536. The van der Waals surface area contributed by atoms with Crippen molar-refractivity contribution >= 4 is 38.6 Å². The van der Waals surface area contributed by atoms with Crippen LogP contribution in [-0.2, 0) is 10.0 Å². The summed E-state index contributed by atoms with van der Waals surface area (Å²) >= 11 is 6.61. The zero-order valence-corrected chi connectivity index (χ0v) is 13.9. The lowest BCUT2D eigenvalue weighted by molar-refractivity contribution is 0.417. The molecule has 2 N–H and O–H groups in total. The summed E-state index contributed by atoms with van der Waals surface area (Å²) in [6.45, 7) is 3.27. The molecule has 0 bridgehead atoms. The van der Waals surface area contributed by atoms with E-state index >= 15 is 0 Å². The number of aromatic amines is 1. The van der Waals surface area contributed by atoms with Gasteiger partial charge in [0.05, 0.1) is 12.8 Å². The van der Waals surface area contributed by atoms with E-state index in [4.69, 9.17) is 16.3 Å². The van der Waals surface area contributed by atoms with Gasteiger partial charge in [0.2, 0.25) is 0 Å². The van der Waals surface area contributed by atoms with Gasteiger partial charge in [0, 0.05) is 16.8 Å². The number of hydrogen-bond donors (Lipinski definition) is 2. The Balaban J connectivity index is 2.48. The molecule has 21 heavy (non-hydrogen) atoms. The number of methoxy groups -OCH3 is 1. The first-order valence-electron chi connectivity index (χ1n) is 5.81. The maximum atomic E-state index is 12.4. The third-order valence-corrected chi connectivity index (χ3v) is 6.13. The van der Waals surface area contributed by atoms with E-state index in [0.29, 0.717) is 33.4 Å². The van der Waals surface area contributed by atoms with E-state index in [-0.39, 0.29) is 9.90 Å². The van der Waals surface area contributed by atoms with E-state index in [1.54, 1.807) is 13.0 Å². The Morgan fingerprint density at radius 2 is 2.00 bits per heavy atom. The summed E-state index contributed by atoms with van der Waals surface area (Å²) in [5.41, 5.74) is 1.26. The van der Waals surface area contributed by atoms with Crippen molar-refractivity contribution in [1.29, 1.82) is 0 Å². The highest BCUT2D eigenvalue weighted by molar-refractivity contribution is 7.94. The van der Waals surface area contributed by atoms with Crippen molar-refractivity contribution in [3.05, 3.63) is 38.1 Å². The number of aryl methyl sites for hydroxylation is 2. The molecule has 0 amide bonds. The summed E-state index contributed by atoms with van der Waals surface area (Å²) < 4.78 is 32.2. The molecule has 0 aliphatic carbocycles. The molecule has 0 spiro atoms. The van der Waals surface area contributed by atoms with Gasteiger partial charge in [-0.1, -0.05) is 22.9 Å². The second-order valence-corrected chi connectivity index (χ2v) is 7.60. The summed E-state index contributed by atoms with van der Waals surface area (Å²) in [7, 11) is -2.46. The van der Waals surface area contributed by atoms with E-state index in [1.807, 2.05) is 0 Å². The Hall–Kier alpha value is -1.51. The van der Waals surface area contributed by atoms with E-state index in [2.05, 4.69) is 9.71 Å². The number of thiazole rings is 1. The molecule has 9 heteroatoms. The third-order valence-electron chi connectivity index (χ3n) is 2.75. The number of ether oxygens (including phenoxy) is 1. The van der Waals surface area contributed by atoms with Crippen LogP contribution in [0.1, 0.15) is 11.3 Å². The second kappa shape index (κ2) is 5.70. The van der Waals surface area contributed by atoms with Gasteiger partial charge in [-0.05, 0) is 25.5 Å². The molecule has 114 valence electrons. The molecule has 0 aliphatic heterocycles. The highest BCUT2D eigenvalue weighted by Gasteiger charge is 2.22. The SMILES string of the molecule is COc1cc(Cl)c(C)cc1NS(=O)(=O)c1sc(=O)[nH]c1C. The summed E-state index contributed by atoms with van der Waals surface area (Å²) in [6, 6.07) is 3.10. The molecule has 0 unspecified atom stereocenters. The molecule has 1 heterocycles. The van der Waals surface area contributed by atoms with Crippen LogP contribution in [0.5, 0.6) is 5.75 Å². The molecule has 0 radical (unpaired) electrons. The van der Waals surface area contributed by atoms with Crippen LogP contribution in [0, 0.1) is 13.8 Å². The number of anilines is 1. The second-order valence-electron chi connectivity index (χ2n) is 4.33. The average Bonchev–Trinajstić information content (AvgIpc) is 2.73. The molecule has 0 atom stereocenters. The lowest BCUT2D eigenvalue weighted by atomic mass is 10.2. The van der Waals surface area contributed by atoms with Crippen molar-refractivity contribution in [2.45, 2.75) is 18.1 Å². The van der Waals surface area contributed by atoms with Crippen molar-refractivity contribution in [1.82, 2.24) is 4.98 Å². The van der Waals surface area contributed by atoms with E-state index in [0.717, 1.165) is 0 Å². The van der Waals surface area contributed by atoms with Gasteiger partial charge in [-0.25, -0.2) is 8.42 Å². The number of rotatable bonds is 4. The summed E-state index contributed by atoms with van der Waals surface area (Å²) in [5, 5.41) is 0.470. The molecule has 1 aromatic heterocycles. The standard InChI is InChI=1S/C12H13ClN2O4S2/c1-6-4-9(10(19-3)5-8(6)13)15-21(17,18)11-7(2)14-12(16)20-11/h4-5,15H,1-3H3,(H,14,16). The van der Waals surface area contributed by atoms with Crippen molar-refractivity contribution in [3.8, 4) is 5.75 Å². The molecule has 0 aliphatic rings. The highest BCUT2D eigenvalue weighted by Crippen LogP contribution is 2.33. The number of aromatic nitrogens is 1. The van der Waals surface area contributed by atoms with Crippen molar-refractivity contribution in [2.75, 3.05) is 11.8 Å². The van der Waals surface area contributed by atoms with Gasteiger partial charge in [0.25, 0.3) is 10.0 Å². The lowest BCUT2D eigenvalue weighted by Gasteiger charge is -2.13. The monoisotopic (exact) mass is 348 g/mol. The third kappa shape index (κ3) is 3.22. The quantitative estimate of drug-likeness (QED) is 0.888. The number of benzene rings is 1. The topological polar surface area (TPSA) is 88.3 Å². The number of nitrogens with one attached hydrogen (secondary N) is 2. The Kier molecular flexibility index (Phi) is 4.31. The summed E-state index contributed by atoms with van der Waals surface area (Å²) in [5.74, 6) is 0.301. The minimum atomic E-state index is -3.87. The van der Waals surface area contributed by atoms with Crippen LogP contribution in [0.15, 0.2) is 21.1 Å². The fraction of sp³-hybridized carbons (Fsp3) is 0.250. The number of hydrogen-bond acceptors (Lipinski definition) is 5. The Morgan fingerprint density at radius 1 is 1.33 bits per heavy atom. The molecule has 0 saturated carbocycles. The normalized spacial score (nSPS) is 11.4. The minimum Gasteiger partial charge on any atom is -0.495 e. The van der Waals surface area contributed by atoms with Crippen LogP contribution in [0.25, 0.3) is 0 Å². The first kappa shape index (κ1) is 15.9. The van der Waals surface area contributed by atoms with Crippen molar-refractivity contribution in [2.24, 2.45) is 0 Å². The predicted octanol–water partition coefficient (Wildman–Crippen LogP) is 2.52. The van der Waals surface area contributed by atoms with Gasteiger partial charge in [-0.15, -0.1) is 0 Å². The van der Waals surface area contributed by atoms with Gasteiger partial charge < -0.3 is 9.72 Å². The fourth-order valence-corrected chi connectivity index (χ4v) is 4.27. The molecular weight excluding hydrogens is 336 g/mol. The largest absolute Gasteiger partial charge is 0.495 e. The average molecular weight is 349 g/mol. The number of H-pyrrole nitrogens is 1. The van der Waals surface area contributed by atoms with Crippen molar-refractivity contribution < 1.29 is 13.2 Å². The molecule has 6 nitrogen and oxygen atoms in total. The first-order chi connectivity index (χ1) is 9.74. The van der Waals surface area contributed by atoms with Gasteiger partial charge in [-0.2, -0.15) is 0 Å². The van der Waals surface area contributed by atoms with Crippen LogP contribution >= 0.6 is 22.9 Å². The molecule has 1 aromatic carbocycles. The van der Waals surface area contributed by atoms with Crippen LogP contribution < -0.4 is 14.3 Å². The molecule has 0 fully saturated rings. The predicted molar refractivity (Wildman–Crippen MR) is 83.2 cm³/mol. The van der Waals surface area contributed by atoms with Gasteiger partial charge in [-0.3, -0.25) is 9.52 Å². The maximum absolute atomic E-state index is 12.4. The molecule has 0 saturated heterocycles. The van der Waals surface area contributed by atoms with Gasteiger partial charge in [0.15, 0.2) is 4.21 Å². The summed E-state index contributed by atoms with van der Waals surface area (Å²) in [4.78, 5) is 13.3. The first-order valence-corrected chi connectivity index (χ1v) is 8.49. The van der Waals surface area contributed by atoms with Crippen LogP contribution in [0.4, 0.5) is 5.69 Å². The molecule has 2 aromatic rings. The Bertz CT molecular complexity index is 839. The van der Waals surface area contributed by atoms with Crippen molar-refractivity contribution in [3.63, 3.8) is 0 Å². The van der Waals surface area contributed by atoms with Gasteiger partial charge in [0.1, 0.15) is 5.75 Å². The molecular formula is C12H13ClN2O4S2. The molecule has 2 rings (SSSR count). The van der Waals surface area contributed by atoms with Crippen LogP contribution in [0.3, 0.4) is 0 Å². The zero-order chi connectivity index (χ0) is 15.8. The Labute approximate surface area is 130 Å². The van der Waals surface area contributed by atoms with E-state index in [1.165, 1.54) is 20.1 Å². The number of sulfonamides is 1. The summed E-state index contributed by atoms with van der Waals surface area (Å²) in [6.07, 6.45) is 0. The van der Waals surface area contributed by atoms with Gasteiger partial charge >= 0.3 is 4.87 Å². The highest BCUT2D eigenvalue weighted by atomic mass is 35.5. The maximum Gasteiger partial charge on any atom is 0.306 e. The van der Waals surface area contributed by atoms with E-state index in [9.17, 15) is 13.2 Å². The lowest BCUT2D eigenvalue weighted by Crippen LogP contribution is -2.13. The zero-order valence-electron chi connectivity index (χ0n) is 11.5. The smallest absolute Gasteiger partial charge is 0.306 e. The van der Waals surface area contributed by atoms with Crippen LogP contribution in [0.2, 0.25) is 5.02 Å². The fourth-order valence-electron chi connectivity index (χ4n) is 1.75. The number of halogens is 1. The Morgan fingerprint density at radius 3 is 2.52 bits per heavy atom. The van der Waals surface area contributed by atoms with Crippen LogP contribution in [-0.4, -0.2) is 20.5 Å².